The van der Waals surface area contributed by atoms with Crippen molar-refractivity contribution in [2.45, 2.75) is 18.7 Å². The smallest absolute Gasteiger partial charge is 0.267 e. The van der Waals surface area contributed by atoms with E-state index in [0.29, 0.717) is 11.4 Å². The number of aryl methyl sites for hydroxylation is 2. The summed E-state index contributed by atoms with van der Waals surface area (Å²) in [6.07, 6.45) is 1.67. The standard InChI is InChI=1S/C12H12N4O3S/c1-7-12(8(2)19-15-7)20(17,18)16-10-4-3-9-6-13-14-11(9)5-10/h3-6,16H,1-2H3,(H,13,14). The van der Waals surface area contributed by atoms with E-state index in [1.807, 2.05) is 0 Å². The Morgan fingerprint density at radius 3 is 2.80 bits per heavy atom. The minimum absolute atomic E-state index is 0.0715. The Morgan fingerprint density at radius 2 is 2.10 bits per heavy atom. The monoisotopic (exact) mass is 292 g/mol. The van der Waals surface area contributed by atoms with Crippen LogP contribution < -0.4 is 4.72 Å². The van der Waals surface area contributed by atoms with Gasteiger partial charge in [0, 0.05) is 5.39 Å². The molecule has 0 unspecified atom stereocenters. The molecule has 0 aliphatic rings. The van der Waals surface area contributed by atoms with Crippen LogP contribution >= 0.6 is 0 Å². The SMILES string of the molecule is Cc1noc(C)c1S(=O)(=O)Nc1ccc2cn[nH]c2c1. The number of anilines is 1. The van der Waals surface area contributed by atoms with E-state index in [9.17, 15) is 8.42 Å². The summed E-state index contributed by atoms with van der Waals surface area (Å²) in [5.74, 6) is 0.262. The zero-order valence-corrected chi connectivity index (χ0v) is 11.7. The molecule has 3 aromatic rings. The van der Waals surface area contributed by atoms with Crippen molar-refractivity contribution in [3.63, 3.8) is 0 Å². The zero-order valence-electron chi connectivity index (χ0n) is 10.8. The molecule has 2 heterocycles. The third kappa shape index (κ3) is 2.03. The lowest BCUT2D eigenvalue weighted by Crippen LogP contribution is -2.14. The molecular formula is C12H12N4O3S. The van der Waals surface area contributed by atoms with E-state index in [2.05, 4.69) is 20.1 Å². The molecule has 2 N–H and O–H groups in total. The second-order valence-corrected chi connectivity index (χ2v) is 6.05. The first-order valence-electron chi connectivity index (χ1n) is 5.86. The van der Waals surface area contributed by atoms with Gasteiger partial charge in [0.25, 0.3) is 10.0 Å². The van der Waals surface area contributed by atoms with E-state index in [0.717, 1.165) is 10.9 Å². The molecule has 104 valence electrons. The average Bonchev–Trinajstić information content (AvgIpc) is 2.95. The molecule has 0 bridgehead atoms. The Balaban J connectivity index is 2.01. The van der Waals surface area contributed by atoms with Crippen LogP contribution in [0.25, 0.3) is 10.9 Å². The normalized spacial score (nSPS) is 11.9. The van der Waals surface area contributed by atoms with Gasteiger partial charge in [-0.15, -0.1) is 0 Å². The molecule has 8 heteroatoms. The summed E-state index contributed by atoms with van der Waals surface area (Å²) in [7, 11) is -3.72. The second-order valence-electron chi connectivity index (χ2n) is 4.43. The topological polar surface area (TPSA) is 101 Å². The van der Waals surface area contributed by atoms with E-state index in [1.165, 1.54) is 0 Å². The Morgan fingerprint density at radius 1 is 1.30 bits per heavy atom. The van der Waals surface area contributed by atoms with E-state index < -0.39 is 10.0 Å². The summed E-state index contributed by atoms with van der Waals surface area (Å²) in [5.41, 5.74) is 1.53. The maximum Gasteiger partial charge on any atom is 0.267 e. The molecule has 0 fully saturated rings. The van der Waals surface area contributed by atoms with Gasteiger partial charge in [0.1, 0.15) is 5.69 Å². The Labute approximate surface area is 115 Å². The Bertz CT molecular complexity index is 860. The van der Waals surface area contributed by atoms with Crippen LogP contribution in [0.15, 0.2) is 33.8 Å². The van der Waals surface area contributed by atoms with Gasteiger partial charge in [0.15, 0.2) is 10.7 Å². The van der Waals surface area contributed by atoms with Gasteiger partial charge in [0.2, 0.25) is 0 Å². The number of fused-ring (bicyclic) bond motifs is 1. The van der Waals surface area contributed by atoms with Crippen LogP contribution in [-0.4, -0.2) is 23.8 Å². The highest BCUT2D eigenvalue weighted by Crippen LogP contribution is 2.24. The molecule has 0 spiro atoms. The first-order valence-corrected chi connectivity index (χ1v) is 7.34. The van der Waals surface area contributed by atoms with Crippen molar-refractivity contribution in [2.24, 2.45) is 0 Å². The summed E-state index contributed by atoms with van der Waals surface area (Å²) in [4.78, 5) is 0.0715. The molecule has 0 radical (unpaired) electrons. The van der Waals surface area contributed by atoms with Gasteiger partial charge in [-0.1, -0.05) is 5.16 Å². The van der Waals surface area contributed by atoms with Crippen molar-refractivity contribution >= 4 is 26.6 Å². The number of hydrogen-bond donors (Lipinski definition) is 2. The number of benzene rings is 1. The number of aromatic amines is 1. The van der Waals surface area contributed by atoms with Crippen molar-refractivity contribution in [1.82, 2.24) is 15.4 Å². The van der Waals surface area contributed by atoms with E-state index >= 15 is 0 Å². The van der Waals surface area contributed by atoms with Crippen LogP contribution in [0.2, 0.25) is 0 Å². The van der Waals surface area contributed by atoms with Gasteiger partial charge in [-0.3, -0.25) is 9.82 Å². The largest absolute Gasteiger partial charge is 0.360 e. The highest BCUT2D eigenvalue weighted by atomic mass is 32.2. The number of rotatable bonds is 3. The number of hydrogen-bond acceptors (Lipinski definition) is 5. The Kier molecular flexibility index (Phi) is 2.75. The van der Waals surface area contributed by atoms with Crippen molar-refractivity contribution < 1.29 is 12.9 Å². The van der Waals surface area contributed by atoms with Crippen LogP contribution in [0.5, 0.6) is 0 Å². The zero-order chi connectivity index (χ0) is 14.3. The maximum atomic E-state index is 12.3. The van der Waals surface area contributed by atoms with Gasteiger partial charge in [-0.05, 0) is 32.0 Å². The maximum absolute atomic E-state index is 12.3. The first-order chi connectivity index (χ1) is 9.47. The number of nitrogens with zero attached hydrogens (tertiary/aromatic N) is 2. The quantitative estimate of drug-likeness (QED) is 0.768. The number of nitrogens with one attached hydrogen (secondary N) is 2. The van der Waals surface area contributed by atoms with E-state index in [-0.39, 0.29) is 10.7 Å². The molecule has 0 aliphatic heterocycles. The lowest BCUT2D eigenvalue weighted by Gasteiger charge is -2.07. The van der Waals surface area contributed by atoms with Crippen LogP contribution in [-0.2, 0) is 10.0 Å². The van der Waals surface area contributed by atoms with Crippen LogP contribution in [0.4, 0.5) is 5.69 Å². The number of aromatic nitrogens is 3. The van der Waals surface area contributed by atoms with Gasteiger partial charge in [0.05, 0.1) is 17.4 Å². The summed E-state index contributed by atoms with van der Waals surface area (Å²) < 4.78 is 32.1. The third-order valence-corrected chi connectivity index (χ3v) is 4.56. The molecule has 1 aromatic carbocycles. The molecule has 0 amide bonds. The first kappa shape index (κ1) is 12.7. The average molecular weight is 292 g/mol. The number of H-pyrrole nitrogens is 1. The molecule has 2 aromatic heterocycles. The highest BCUT2D eigenvalue weighted by Gasteiger charge is 2.24. The Hall–Kier alpha value is -2.35. The van der Waals surface area contributed by atoms with Crippen molar-refractivity contribution in [2.75, 3.05) is 4.72 Å². The van der Waals surface area contributed by atoms with Gasteiger partial charge >= 0.3 is 0 Å². The lowest BCUT2D eigenvalue weighted by atomic mass is 10.2. The molecule has 0 atom stereocenters. The summed E-state index contributed by atoms with van der Waals surface area (Å²) in [6, 6.07) is 5.13. The van der Waals surface area contributed by atoms with Crippen molar-refractivity contribution in [1.29, 1.82) is 0 Å². The number of sulfonamides is 1. The molecule has 3 rings (SSSR count). The van der Waals surface area contributed by atoms with Gasteiger partial charge in [-0.25, -0.2) is 8.42 Å². The molecule has 0 saturated heterocycles. The lowest BCUT2D eigenvalue weighted by molar-refractivity contribution is 0.390. The van der Waals surface area contributed by atoms with Crippen molar-refractivity contribution in [3.8, 4) is 0 Å². The predicted molar refractivity (Wildman–Crippen MR) is 72.9 cm³/mol. The van der Waals surface area contributed by atoms with Crippen LogP contribution in [0.1, 0.15) is 11.5 Å². The minimum atomic E-state index is -3.72. The van der Waals surface area contributed by atoms with Crippen LogP contribution in [0, 0.1) is 13.8 Å². The van der Waals surface area contributed by atoms with Gasteiger partial charge < -0.3 is 4.52 Å². The van der Waals surface area contributed by atoms with Crippen LogP contribution in [0.3, 0.4) is 0 Å². The third-order valence-electron chi connectivity index (χ3n) is 2.93. The second kappa shape index (κ2) is 4.34. The molecular weight excluding hydrogens is 280 g/mol. The summed E-state index contributed by atoms with van der Waals surface area (Å²) >= 11 is 0. The molecule has 20 heavy (non-hydrogen) atoms. The fourth-order valence-electron chi connectivity index (χ4n) is 2.06. The summed E-state index contributed by atoms with van der Waals surface area (Å²) in [5, 5.41) is 11.2. The summed E-state index contributed by atoms with van der Waals surface area (Å²) in [6.45, 7) is 3.15. The van der Waals surface area contributed by atoms with Crippen molar-refractivity contribution in [3.05, 3.63) is 35.9 Å². The van der Waals surface area contributed by atoms with E-state index in [4.69, 9.17) is 4.52 Å². The molecule has 7 nitrogen and oxygen atoms in total. The molecule has 0 aliphatic carbocycles. The highest BCUT2D eigenvalue weighted by molar-refractivity contribution is 7.92. The fraction of sp³-hybridized carbons (Fsp3) is 0.167. The molecule has 0 saturated carbocycles. The van der Waals surface area contributed by atoms with E-state index in [1.54, 1.807) is 38.2 Å². The minimum Gasteiger partial charge on any atom is -0.360 e. The predicted octanol–water partition coefficient (Wildman–Crippen LogP) is 1.97. The fourth-order valence-corrected chi connectivity index (χ4v) is 3.45. The van der Waals surface area contributed by atoms with Gasteiger partial charge in [-0.2, -0.15) is 5.10 Å².